The number of aromatic nitrogens is 2. The number of aliphatic hydroxyl groups is 2. The van der Waals surface area contributed by atoms with Crippen molar-refractivity contribution < 1.29 is 15.0 Å². The molecule has 1 aromatic heterocycles. The Morgan fingerprint density at radius 2 is 1.88 bits per heavy atom. The Kier molecular flexibility index (Phi) is 10.7. The van der Waals surface area contributed by atoms with Gasteiger partial charge in [0.05, 0.1) is 19.7 Å². The van der Waals surface area contributed by atoms with Gasteiger partial charge in [0, 0.05) is 30.5 Å². The summed E-state index contributed by atoms with van der Waals surface area (Å²) in [5.41, 5.74) is 5.95. The maximum atomic E-state index is 12.3. The van der Waals surface area contributed by atoms with Crippen LogP contribution in [0, 0.1) is 11.8 Å². The Balaban J connectivity index is 1.90. The summed E-state index contributed by atoms with van der Waals surface area (Å²) in [4.78, 5) is 32.1. The Morgan fingerprint density at radius 3 is 2.50 bits per heavy atom. The summed E-state index contributed by atoms with van der Waals surface area (Å²) in [5, 5.41) is 24.6. The van der Waals surface area contributed by atoms with Crippen LogP contribution in [0.25, 0.3) is 0 Å². The zero-order chi connectivity index (χ0) is 25.1. The summed E-state index contributed by atoms with van der Waals surface area (Å²) in [6, 6.07) is 6.95. The van der Waals surface area contributed by atoms with E-state index >= 15 is 0 Å². The molecule has 2 atom stereocenters. The normalized spacial score (nSPS) is 12.7. The third kappa shape index (κ3) is 8.93. The Bertz CT molecular complexity index is 1040. The van der Waals surface area contributed by atoms with Crippen molar-refractivity contribution in [2.24, 2.45) is 5.73 Å². The standard InChI is InChI=1S/C23H33N7O4/c1-28(2)14-15-29(3)11-4-5-12-30-13-10-20(27-23(30)34)26-21(32)17-6-8-18(9-7-17)25-22(33)19(24)16-31/h6-10,13,19,21,31-32H,11-12,14-16,24H2,1-3H3,(H,25,33)(H,26,27,34). The van der Waals surface area contributed by atoms with E-state index in [1.165, 1.54) is 4.57 Å². The van der Waals surface area contributed by atoms with Crippen LogP contribution in [-0.2, 0) is 11.3 Å². The number of aliphatic hydroxyl groups excluding tert-OH is 2. The molecule has 11 heteroatoms. The molecule has 0 spiro atoms. The van der Waals surface area contributed by atoms with Gasteiger partial charge in [0.15, 0.2) is 6.23 Å². The van der Waals surface area contributed by atoms with Crippen LogP contribution < -0.4 is 22.1 Å². The van der Waals surface area contributed by atoms with Gasteiger partial charge in [-0.05, 0) is 39.3 Å². The van der Waals surface area contributed by atoms with Crippen LogP contribution in [0.1, 0.15) is 11.8 Å². The summed E-state index contributed by atoms with van der Waals surface area (Å²) in [7, 11) is 6.03. The van der Waals surface area contributed by atoms with Gasteiger partial charge < -0.3 is 31.5 Å². The Hall–Kier alpha value is -3.27. The predicted octanol–water partition coefficient (Wildman–Crippen LogP) is -0.899. The number of rotatable bonds is 11. The van der Waals surface area contributed by atoms with Crippen LogP contribution in [0.3, 0.4) is 0 Å². The highest BCUT2D eigenvalue weighted by atomic mass is 16.3. The highest BCUT2D eigenvalue weighted by Gasteiger charge is 2.13. The maximum Gasteiger partial charge on any atom is 0.350 e. The summed E-state index contributed by atoms with van der Waals surface area (Å²) in [5.74, 6) is 5.72. The third-order valence-corrected chi connectivity index (χ3v) is 4.84. The third-order valence-electron chi connectivity index (χ3n) is 4.84. The first-order valence-corrected chi connectivity index (χ1v) is 10.8. The largest absolute Gasteiger partial charge is 0.394 e. The van der Waals surface area contributed by atoms with Gasteiger partial charge >= 0.3 is 5.69 Å². The summed E-state index contributed by atoms with van der Waals surface area (Å²) in [6.45, 7) is 2.23. The van der Waals surface area contributed by atoms with E-state index in [0.717, 1.165) is 13.1 Å². The molecule has 184 valence electrons. The summed E-state index contributed by atoms with van der Waals surface area (Å²) >= 11 is 0. The number of benzene rings is 1. The van der Waals surface area contributed by atoms with E-state index in [4.69, 9.17) is 10.8 Å². The fraction of sp³-hybridized carbons (Fsp3) is 0.435. The molecular formula is C23H33N7O4. The Morgan fingerprint density at radius 1 is 1.18 bits per heavy atom. The molecule has 1 aromatic carbocycles. The monoisotopic (exact) mass is 471 g/mol. The number of hydrogen-bond acceptors (Lipinski definition) is 9. The number of likely N-dealkylation sites (N-methyl/N-ethyl adjacent to an activating group) is 2. The molecule has 0 fully saturated rings. The van der Waals surface area contributed by atoms with Crippen LogP contribution in [0.5, 0.6) is 0 Å². The van der Waals surface area contributed by atoms with Gasteiger partial charge in [0.25, 0.3) is 0 Å². The molecule has 1 amide bonds. The lowest BCUT2D eigenvalue weighted by atomic mass is 10.1. The first-order chi connectivity index (χ1) is 16.2. The van der Waals surface area contributed by atoms with Crippen molar-refractivity contribution in [1.82, 2.24) is 19.4 Å². The molecule has 1 heterocycles. The molecule has 0 aliphatic carbocycles. The highest BCUT2D eigenvalue weighted by Crippen LogP contribution is 2.18. The van der Waals surface area contributed by atoms with E-state index in [-0.39, 0.29) is 12.4 Å². The van der Waals surface area contributed by atoms with Crippen molar-refractivity contribution in [3.63, 3.8) is 0 Å². The first kappa shape index (κ1) is 27.0. The quantitative estimate of drug-likeness (QED) is 0.208. The minimum absolute atomic E-state index is 0.219. The highest BCUT2D eigenvalue weighted by molar-refractivity contribution is 5.94. The summed E-state index contributed by atoms with van der Waals surface area (Å²) < 4.78 is 1.39. The zero-order valence-corrected chi connectivity index (χ0v) is 19.7. The minimum atomic E-state index is -1.12. The molecule has 0 radical (unpaired) electrons. The molecular weight excluding hydrogens is 438 g/mol. The first-order valence-electron chi connectivity index (χ1n) is 10.8. The van der Waals surface area contributed by atoms with E-state index in [2.05, 4.69) is 37.3 Å². The van der Waals surface area contributed by atoms with Crippen molar-refractivity contribution in [1.29, 1.82) is 0 Å². The van der Waals surface area contributed by atoms with Gasteiger partial charge in [0.2, 0.25) is 5.91 Å². The van der Waals surface area contributed by atoms with E-state index < -0.39 is 30.5 Å². The van der Waals surface area contributed by atoms with Crippen molar-refractivity contribution in [2.75, 3.05) is 58.0 Å². The molecule has 2 rings (SSSR count). The average Bonchev–Trinajstić information content (AvgIpc) is 2.81. The molecule has 0 bridgehead atoms. The van der Waals surface area contributed by atoms with Gasteiger partial charge in [-0.2, -0.15) is 4.98 Å². The van der Waals surface area contributed by atoms with Crippen LogP contribution in [-0.4, -0.2) is 88.9 Å². The predicted molar refractivity (Wildman–Crippen MR) is 131 cm³/mol. The van der Waals surface area contributed by atoms with Gasteiger partial charge in [-0.3, -0.25) is 14.3 Å². The minimum Gasteiger partial charge on any atom is -0.394 e. The van der Waals surface area contributed by atoms with Crippen LogP contribution >= 0.6 is 0 Å². The lowest BCUT2D eigenvalue weighted by molar-refractivity contribution is -0.118. The number of amides is 1. The second kappa shape index (κ2) is 13.4. The number of nitrogens with zero attached hydrogens (tertiary/aromatic N) is 4. The molecule has 2 unspecified atom stereocenters. The number of anilines is 2. The van der Waals surface area contributed by atoms with Crippen LogP contribution in [0.15, 0.2) is 41.3 Å². The van der Waals surface area contributed by atoms with Crippen molar-refractivity contribution >= 4 is 17.4 Å². The fourth-order valence-electron chi connectivity index (χ4n) is 2.70. The average molecular weight is 472 g/mol. The number of carbonyl (C=O) groups excluding carboxylic acids is 1. The number of hydrogen-bond donors (Lipinski definition) is 5. The molecule has 2 aromatic rings. The lowest BCUT2D eigenvalue weighted by Gasteiger charge is -2.16. The number of carbonyl (C=O) groups is 1. The maximum absolute atomic E-state index is 12.3. The number of nitrogens with one attached hydrogen (secondary N) is 2. The lowest BCUT2D eigenvalue weighted by Crippen LogP contribution is -2.38. The van der Waals surface area contributed by atoms with E-state index in [0.29, 0.717) is 17.8 Å². The molecule has 11 nitrogen and oxygen atoms in total. The Labute approximate surface area is 199 Å². The van der Waals surface area contributed by atoms with Gasteiger partial charge in [-0.15, -0.1) is 0 Å². The van der Waals surface area contributed by atoms with Gasteiger partial charge in [0.1, 0.15) is 11.9 Å². The van der Waals surface area contributed by atoms with Gasteiger partial charge in [-0.1, -0.05) is 24.0 Å². The smallest absolute Gasteiger partial charge is 0.350 e. The topological polar surface area (TPSA) is 149 Å². The van der Waals surface area contributed by atoms with Crippen molar-refractivity contribution in [3.8, 4) is 11.8 Å². The fourth-order valence-corrected chi connectivity index (χ4v) is 2.70. The van der Waals surface area contributed by atoms with Gasteiger partial charge in [-0.25, -0.2) is 4.79 Å². The zero-order valence-electron chi connectivity index (χ0n) is 19.7. The second-order valence-corrected chi connectivity index (χ2v) is 8.07. The van der Waals surface area contributed by atoms with Crippen molar-refractivity contribution in [3.05, 3.63) is 52.6 Å². The summed E-state index contributed by atoms with van der Waals surface area (Å²) in [6.07, 6.45) is 0.447. The molecule has 0 aliphatic heterocycles. The van der Waals surface area contributed by atoms with Crippen LogP contribution in [0.4, 0.5) is 11.5 Å². The van der Waals surface area contributed by atoms with Crippen molar-refractivity contribution in [2.45, 2.75) is 18.8 Å². The molecule has 0 saturated heterocycles. The molecule has 0 aliphatic rings. The number of nitrogens with two attached hydrogens (primary N) is 1. The second-order valence-electron chi connectivity index (χ2n) is 8.07. The molecule has 34 heavy (non-hydrogen) atoms. The molecule has 0 saturated carbocycles. The molecule has 6 N–H and O–H groups in total. The van der Waals surface area contributed by atoms with E-state index in [9.17, 15) is 14.7 Å². The SMILES string of the molecule is CN(C)CCN(C)CC#CCn1ccc(NC(O)c2ccc(NC(=O)C(N)CO)cc2)nc1=O. The van der Waals surface area contributed by atoms with E-state index in [1.807, 2.05) is 21.1 Å². The van der Waals surface area contributed by atoms with E-state index in [1.54, 1.807) is 36.5 Å². The van der Waals surface area contributed by atoms with Crippen LogP contribution in [0.2, 0.25) is 0 Å².